The Hall–Kier alpha value is -2.13. The molecule has 2 aromatic carbocycles. The second-order valence-electron chi connectivity index (χ2n) is 6.00. The smallest absolute Gasteiger partial charge is 0.191 e. The van der Waals surface area contributed by atoms with Crippen molar-refractivity contribution in [1.29, 1.82) is 0 Å². The first-order valence-electron chi connectivity index (χ1n) is 8.95. The van der Waals surface area contributed by atoms with Gasteiger partial charge in [0.05, 0.1) is 12.2 Å². The van der Waals surface area contributed by atoms with E-state index in [-0.39, 0.29) is 24.0 Å². The number of guanidine groups is 1. The maximum absolute atomic E-state index is 5.92. The van der Waals surface area contributed by atoms with Crippen molar-refractivity contribution >= 4 is 41.5 Å². The van der Waals surface area contributed by atoms with Crippen LogP contribution < -0.4 is 10.6 Å². The standard InChI is InChI=1S/C20H23ClN6.HI/c1-2-23-20(24-12-11-16-3-7-18(21)8-4-16)25-13-17-5-9-19(10-6-17)27-15-22-14-26-27;/h3-10,14-15H,2,11-13H2,1H3,(H2,23,24,25);1H. The molecule has 6 nitrogen and oxygen atoms in total. The normalized spacial score (nSPS) is 11.0. The van der Waals surface area contributed by atoms with Gasteiger partial charge in [0, 0.05) is 18.1 Å². The fourth-order valence-corrected chi connectivity index (χ4v) is 2.71. The van der Waals surface area contributed by atoms with Crippen LogP contribution in [0.3, 0.4) is 0 Å². The number of nitrogens with zero attached hydrogens (tertiary/aromatic N) is 4. The van der Waals surface area contributed by atoms with Crippen LogP contribution in [0, 0.1) is 0 Å². The summed E-state index contributed by atoms with van der Waals surface area (Å²) in [5.41, 5.74) is 3.36. The first-order chi connectivity index (χ1) is 13.2. The lowest BCUT2D eigenvalue weighted by molar-refractivity contribution is 0.799. The molecule has 0 bridgehead atoms. The van der Waals surface area contributed by atoms with Gasteiger partial charge in [-0.05, 0) is 48.7 Å². The van der Waals surface area contributed by atoms with Gasteiger partial charge >= 0.3 is 0 Å². The topological polar surface area (TPSA) is 67.1 Å². The molecule has 2 N–H and O–H groups in total. The van der Waals surface area contributed by atoms with Crippen LogP contribution in [0.15, 0.2) is 66.2 Å². The van der Waals surface area contributed by atoms with Crippen molar-refractivity contribution in [3.63, 3.8) is 0 Å². The lowest BCUT2D eigenvalue weighted by Crippen LogP contribution is -2.38. The van der Waals surface area contributed by atoms with Gasteiger partial charge in [0.15, 0.2) is 5.96 Å². The van der Waals surface area contributed by atoms with Crippen molar-refractivity contribution in [3.8, 4) is 5.69 Å². The minimum absolute atomic E-state index is 0. The monoisotopic (exact) mass is 510 g/mol. The number of benzene rings is 2. The molecule has 0 unspecified atom stereocenters. The summed E-state index contributed by atoms with van der Waals surface area (Å²) >= 11 is 5.92. The van der Waals surface area contributed by atoms with Crippen LogP contribution in [0.5, 0.6) is 0 Å². The van der Waals surface area contributed by atoms with E-state index in [4.69, 9.17) is 11.6 Å². The molecule has 28 heavy (non-hydrogen) atoms. The Kier molecular flexibility index (Phi) is 9.22. The number of hydrogen-bond donors (Lipinski definition) is 2. The molecule has 0 saturated carbocycles. The van der Waals surface area contributed by atoms with E-state index in [2.05, 4.69) is 44.8 Å². The molecule has 0 aliphatic carbocycles. The van der Waals surface area contributed by atoms with Gasteiger partial charge in [-0.1, -0.05) is 35.9 Å². The molecule has 8 heteroatoms. The van der Waals surface area contributed by atoms with Crippen LogP contribution in [0.1, 0.15) is 18.1 Å². The maximum Gasteiger partial charge on any atom is 0.191 e. The predicted molar refractivity (Wildman–Crippen MR) is 125 cm³/mol. The number of hydrogen-bond acceptors (Lipinski definition) is 3. The van der Waals surface area contributed by atoms with E-state index in [9.17, 15) is 0 Å². The van der Waals surface area contributed by atoms with E-state index < -0.39 is 0 Å². The summed E-state index contributed by atoms with van der Waals surface area (Å²) in [4.78, 5) is 8.62. The second-order valence-corrected chi connectivity index (χ2v) is 6.44. The zero-order chi connectivity index (χ0) is 18.9. The van der Waals surface area contributed by atoms with Gasteiger partial charge in [-0.25, -0.2) is 14.7 Å². The van der Waals surface area contributed by atoms with Crippen molar-refractivity contribution in [2.45, 2.75) is 19.9 Å². The lowest BCUT2D eigenvalue weighted by atomic mass is 10.1. The molecule has 148 valence electrons. The zero-order valence-electron chi connectivity index (χ0n) is 15.7. The Labute approximate surface area is 187 Å². The molecule has 3 rings (SSSR count). The van der Waals surface area contributed by atoms with Crippen LogP contribution in [-0.4, -0.2) is 33.8 Å². The van der Waals surface area contributed by atoms with Crippen LogP contribution >= 0.6 is 35.6 Å². The zero-order valence-corrected chi connectivity index (χ0v) is 18.8. The summed E-state index contributed by atoms with van der Waals surface area (Å²) in [6.07, 6.45) is 4.12. The molecule has 0 amide bonds. The van der Waals surface area contributed by atoms with Gasteiger partial charge in [0.2, 0.25) is 0 Å². The van der Waals surface area contributed by atoms with Gasteiger partial charge in [0.1, 0.15) is 12.7 Å². The summed E-state index contributed by atoms with van der Waals surface area (Å²) in [5, 5.41) is 11.5. The summed E-state index contributed by atoms with van der Waals surface area (Å²) in [6.45, 7) is 4.29. The summed E-state index contributed by atoms with van der Waals surface area (Å²) in [6, 6.07) is 16.1. The predicted octanol–water partition coefficient (Wildman–Crippen LogP) is 3.84. The Morgan fingerprint density at radius 3 is 2.39 bits per heavy atom. The third-order valence-electron chi connectivity index (χ3n) is 4.00. The highest BCUT2D eigenvalue weighted by molar-refractivity contribution is 14.0. The van der Waals surface area contributed by atoms with Gasteiger partial charge in [-0.2, -0.15) is 5.10 Å². The fourth-order valence-electron chi connectivity index (χ4n) is 2.58. The minimum Gasteiger partial charge on any atom is -0.357 e. The van der Waals surface area contributed by atoms with Crippen LogP contribution in [0.4, 0.5) is 0 Å². The average Bonchev–Trinajstić information content (AvgIpc) is 3.23. The molecule has 0 atom stereocenters. The SMILES string of the molecule is CCNC(=NCc1ccc(-n2cncn2)cc1)NCCc1ccc(Cl)cc1.I. The van der Waals surface area contributed by atoms with Crippen molar-refractivity contribution in [1.82, 2.24) is 25.4 Å². The largest absolute Gasteiger partial charge is 0.357 e. The molecule has 0 aliphatic heterocycles. The van der Waals surface area contributed by atoms with Crippen molar-refractivity contribution in [2.24, 2.45) is 4.99 Å². The Balaban J connectivity index is 0.00000280. The van der Waals surface area contributed by atoms with Crippen LogP contribution in [-0.2, 0) is 13.0 Å². The number of nitrogens with one attached hydrogen (secondary N) is 2. The minimum atomic E-state index is 0. The number of aliphatic imine (C=N–C) groups is 1. The molecule has 3 aromatic rings. The Bertz CT molecular complexity index is 847. The molecule has 0 fully saturated rings. The van der Waals surface area contributed by atoms with Crippen molar-refractivity contribution < 1.29 is 0 Å². The summed E-state index contributed by atoms with van der Waals surface area (Å²) in [5.74, 6) is 0.812. The summed E-state index contributed by atoms with van der Waals surface area (Å²) < 4.78 is 1.73. The third kappa shape index (κ3) is 6.79. The molecular weight excluding hydrogens is 487 g/mol. The van der Waals surface area contributed by atoms with E-state index in [1.165, 1.54) is 11.9 Å². The number of aromatic nitrogens is 3. The van der Waals surface area contributed by atoms with Crippen LogP contribution in [0.2, 0.25) is 5.02 Å². The number of halogens is 2. The third-order valence-corrected chi connectivity index (χ3v) is 4.25. The van der Waals surface area contributed by atoms with E-state index in [1.807, 2.05) is 36.4 Å². The molecule has 0 saturated heterocycles. The first-order valence-corrected chi connectivity index (χ1v) is 9.33. The van der Waals surface area contributed by atoms with E-state index >= 15 is 0 Å². The fraction of sp³-hybridized carbons (Fsp3) is 0.250. The highest BCUT2D eigenvalue weighted by Gasteiger charge is 2.00. The highest BCUT2D eigenvalue weighted by Crippen LogP contribution is 2.10. The lowest BCUT2D eigenvalue weighted by Gasteiger charge is -2.11. The molecule has 0 radical (unpaired) electrons. The quantitative estimate of drug-likeness (QED) is 0.288. The van der Waals surface area contributed by atoms with Crippen molar-refractivity contribution in [3.05, 3.63) is 77.3 Å². The van der Waals surface area contributed by atoms with E-state index in [0.717, 1.165) is 41.7 Å². The second kappa shape index (κ2) is 11.7. The Morgan fingerprint density at radius 1 is 1.04 bits per heavy atom. The van der Waals surface area contributed by atoms with Crippen LogP contribution in [0.25, 0.3) is 5.69 Å². The molecular formula is C20H24ClIN6. The maximum atomic E-state index is 5.92. The average molecular weight is 511 g/mol. The summed E-state index contributed by atoms with van der Waals surface area (Å²) in [7, 11) is 0. The first kappa shape index (κ1) is 22.2. The van der Waals surface area contributed by atoms with Gasteiger partial charge in [0.25, 0.3) is 0 Å². The van der Waals surface area contributed by atoms with Gasteiger partial charge in [-0.15, -0.1) is 24.0 Å². The molecule has 1 aromatic heterocycles. The van der Waals surface area contributed by atoms with E-state index in [0.29, 0.717) is 6.54 Å². The van der Waals surface area contributed by atoms with Crippen molar-refractivity contribution in [2.75, 3.05) is 13.1 Å². The molecule has 1 heterocycles. The number of rotatable bonds is 7. The molecule has 0 aliphatic rings. The van der Waals surface area contributed by atoms with E-state index in [1.54, 1.807) is 11.0 Å². The van der Waals surface area contributed by atoms with Gasteiger partial charge in [-0.3, -0.25) is 0 Å². The van der Waals surface area contributed by atoms with Gasteiger partial charge < -0.3 is 10.6 Å². The Morgan fingerprint density at radius 2 is 1.75 bits per heavy atom. The molecule has 0 spiro atoms. The highest BCUT2D eigenvalue weighted by atomic mass is 127.